The lowest BCUT2D eigenvalue weighted by molar-refractivity contribution is 0.0665. The van der Waals surface area contributed by atoms with Crippen molar-refractivity contribution < 1.29 is 15.0 Å². The third kappa shape index (κ3) is 4.06. The Morgan fingerprint density at radius 2 is 1.84 bits per heavy atom. The molecule has 0 spiro atoms. The lowest BCUT2D eigenvalue weighted by Crippen LogP contribution is -2.58. The Labute approximate surface area is 115 Å². The summed E-state index contributed by atoms with van der Waals surface area (Å²) in [6.07, 6.45) is 2.37. The monoisotopic (exact) mass is 273 g/mol. The summed E-state index contributed by atoms with van der Waals surface area (Å²) in [5, 5.41) is 22.2. The minimum atomic E-state index is -0.599. The lowest BCUT2D eigenvalue weighted by atomic mass is 9.94. The van der Waals surface area contributed by atoms with Gasteiger partial charge < -0.3 is 25.3 Å². The van der Waals surface area contributed by atoms with Gasteiger partial charge in [-0.25, -0.2) is 4.79 Å². The second-order valence-electron chi connectivity index (χ2n) is 5.53. The van der Waals surface area contributed by atoms with E-state index in [1.165, 1.54) is 0 Å². The molecular formula is C13H27N3O3. The lowest BCUT2D eigenvalue weighted by Gasteiger charge is -2.39. The van der Waals surface area contributed by atoms with Crippen LogP contribution in [0, 0.1) is 0 Å². The summed E-state index contributed by atoms with van der Waals surface area (Å²) in [5.41, 5.74) is -0.599. The average Bonchev–Trinajstić information content (AvgIpc) is 2.45. The molecule has 6 nitrogen and oxygen atoms in total. The number of carbonyl (C=O) groups is 1. The van der Waals surface area contributed by atoms with Gasteiger partial charge in [-0.1, -0.05) is 6.92 Å². The van der Waals surface area contributed by atoms with Crippen molar-refractivity contribution in [3.8, 4) is 0 Å². The van der Waals surface area contributed by atoms with E-state index in [4.69, 9.17) is 0 Å². The second kappa shape index (κ2) is 7.07. The second-order valence-corrected chi connectivity index (χ2v) is 5.53. The van der Waals surface area contributed by atoms with Gasteiger partial charge in [0.15, 0.2) is 0 Å². The number of rotatable bonds is 5. The highest BCUT2D eigenvalue weighted by atomic mass is 16.3. The first-order chi connectivity index (χ1) is 8.98. The van der Waals surface area contributed by atoms with Crippen LogP contribution in [0.25, 0.3) is 0 Å². The first-order valence-corrected chi connectivity index (χ1v) is 6.93. The largest absolute Gasteiger partial charge is 0.394 e. The maximum atomic E-state index is 11.8. The minimum absolute atomic E-state index is 0.0459. The number of urea groups is 1. The molecule has 1 heterocycles. The highest BCUT2D eigenvalue weighted by Crippen LogP contribution is 2.17. The van der Waals surface area contributed by atoms with Crippen LogP contribution in [-0.4, -0.2) is 78.0 Å². The molecule has 0 aliphatic carbocycles. The number of nitrogens with one attached hydrogen (secondary N) is 1. The van der Waals surface area contributed by atoms with E-state index in [2.05, 4.69) is 5.32 Å². The zero-order chi connectivity index (χ0) is 14.5. The van der Waals surface area contributed by atoms with Gasteiger partial charge in [0.05, 0.1) is 18.8 Å². The van der Waals surface area contributed by atoms with Gasteiger partial charge in [-0.3, -0.25) is 0 Å². The van der Waals surface area contributed by atoms with Crippen LogP contribution < -0.4 is 5.32 Å². The van der Waals surface area contributed by atoms with E-state index >= 15 is 0 Å². The molecule has 0 radical (unpaired) electrons. The summed E-state index contributed by atoms with van der Waals surface area (Å²) in [6.45, 7) is 3.23. The number of carbonyl (C=O) groups excluding carboxylic acids is 1. The average molecular weight is 273 g/mol. The summed E-state index contributed by atoms with van der Waals surface area (Å²) >= 11 is 0. The molecule has 0 aromatic carbocycles. The van der Waals surface area contributed by atoms with Gasteiger partial charge in [-0.05, 0) is 19.3 Å². The number of likely N-dealkylation sites (tertiary alicyclic amines) is 1. The molecule has 0 aromatic heterocycles. The molecule has 0 saturated carbocycles. The van der Waals surface area contributed by atoms with Gasteiger partial charge in [0.1, 0.15) is 0 Å². The first-order valence-electron chi connectivity index (χ1n) is 6.93. The first kappa shape index (κ1) is 16.2. The summed E-state index contributed by atoms with van der Waals surface area (Å²) in [6, 6.07) is 0.287. The third-order valence-electron chi connectivity index (χ3n) is 3.94. The maximum Gasteiger partial charge on any atom is 0.319 e. The number of nitrogens with zero attached hydrogens (tertiary/aromatic N) is 2. The number of piperidine rings is 1. The zero-order valence-electron chi connectivity index (χ0n) is 12.2. The van der Waals surface area contributed by atoms with Crippen LogP contribution in [0.1, 0.15) is 26.2 Å². The third-order valence-corrected chi connectivity index (χ3v) is 3.94. The molecule has 1 fully saturated rings. The Kier molecular flexibility index (Phi) is 6.03. The van der Waals surface area contributed by atoms with E-state index in [0.717, 1.165) is 12.8 Å². The van der Waals surface area contributed by atoms with Crippen LogP contribution >= 0.6 is 0 Å². The molecule has 0 atom stereocenters. The summed E-state index contributed by atoms with van der Waals surface area (Å²) in [4.78, 5) is 15.2. The van der Waals surface area contributed by atoms with Crippen molar-refractivity contribution in [3.05, 3.63) is 0 Å². The van der Waals surface area contributed by atoms with E-state index < -0.39 is 5.54 Å². The SMILES string of the molecule is CCC(CO)(CO)NC1CCN(C(=O)N(C)C)CC1. The summed E-state index contributed by atoms with van der Waals surface area (Å²) in [5.74, 6) is 0. The van der Waals surface area contributed by atoms with Gasteiger partial charge in [-0.15, -0.1) is 0 Å². The molecule has 1 aliphatic rings. The predicted octanol–water partition coefficient (Wildman–Crippen LogP) is -0.145. The van der Waals surface area contributed by atoms with E-state index in [9.17, 15) is 15.0 Å². The topological polar surface area (TPSA) is 76.0 Å². The van der Waals surface area contributed by atoms with Crippen LogP contribution in [0.5, 0.6) is 0 Å². The van der Waals surface area contributed by atoms with E-state index in [0.29, 0.717) is 19.5 Å². The van der Waals surface area contributed by atoms with Gasteiger partial charge in [0, 0.05) is 33.2 Å². The van der Waals surface area contributed by atoms with Crippen molar-refractivity contribution in [3.63, 3.8) is 0 Å². The number of hydrogen-bond donors (Lipinski definition) is 3. The fraction of sp³-hybridized carbons (Fsp3) is 0.923. The molecule has 2 amide bonds. The highest BCUT2D eigenvalue weighted by molar-refractivity contribution is 5.73. The van der Waals surface area contributed by atoms with Crippen molar-refractivity contribution in [1.82, 2.24) is 15.1 Å². The van der Waals surface area contributed by atoms with Crippen LogP contribution in [0.3, 0.4) is 0 Å². The molecule has 0 aromatic rings. The molecule has 1 rings (SSSR count). The number of amides is 2. The summed E-state index contributed by atoms with van der Waals surface area (Å²) in [7, 11) is 3.51. The summed E-state index contributed by atoms with van der Waals surface area (Å²) < 4.78 is 0. The molecule has 6 heteroatoms. The Hall–Kier alpha value is -0.850. The van der Waals surface area contributed by atoms with Crippen LogP contribution in [0.15, 0.2) is 0 Å². The van der Waals surface area contributed by atoms with Gasteiger partial charge in [-0.2, -0.15) is 0 Å². The quantitative estimate of drug-likeness (QED) is 0.651. The predicted molar refractivity (Wildman–Crippen MR) is 74.0 cm³/mol. The van der Waals surface area contributed by atoms with E-state index in [-0.39, 0.29) is 25.3 Å². The Morgan fingerprint density at radius 1 is 1.32 bits per heavy atom. The molecule has 112 valence electrons. The van der Waals surface area contributed by atoms with Crippen molar-refractivity contribution in [2.75, 3.05) is 40.4 Å². The zero-order valence-corrected chi connectivity index (χ0v) is 12.2. The van der Waals surface area contributed by atoms with Crippen LogP contribution in [0.2, 0.25) is 0 Å². The standard InChI is InChI=1S/C13H27N3O3/c1-4-13(9-17,10-18)14-11-5-7-16(8-6-11)12(19)15(2)3/h11,14,17-18H,4-10H2,1-3H3. The Balaban J connectivity index is 2.48. The maximum absolute atomic E-state index is 11.8. The fourth-order valence-corrected chi connectivity index (χ4v) is 2.40. The van der Waals surface area contributed by atoms with Crippen molar-refractivity contribution >= 4 is 6.03 Å². The molecular weight excluding hydrogens is 246 g/mol. The molecule has 1 aliphatic heterocycles. The number of aliphatic hydroxyl groups excluding tert-OH is 2. The number of aliphatic hydroxyl groups is 2. The van der Waals surface area contributed by atoms with Crippen molar-refractivity contribution in [2.45, 2.75) is 37.8 Å². The van der Waals surface area contributed by atoms with Gasteiger partial charge in [0.25, 0.3) is 0 Å². The normalized spacial score (nSPS) is 17.6. The smallest absolute Gasteiger partial charge is 0.319 e. The van der Waals surface area contributed by atoms with Crippen LogP contribution in [0.4, 0.5) is 4.79 Å². The fourth-order valence-electron chi connectivity index (χ4n) is 2.40. The minimum Gasteiger partial charge on any atom is -0.394 e. The molecule has 0 bridgehead atoms. The van der Waals surface area contributed by atoms with Crippen molar-refractivity contribution in [2.24, 2.45) is 0 Å². The van der Waals surface area contributed by atoms with Crippen molar-refractivity contribution in [1.29, 1.82) is 0 Å². The number of hydrogen-bond acceptors (Lipinski definition) is 4. The van der Waals surface area contributed by atoms with Crippen LogP contribution in [-0.2, 0) is 0 Å². The molecule has 19 heavy (non-hydrogen) atoms. The Bertz CT molecular complexity index is 277. The van der Waals surface area contributed by atoms with Gasteiger partial charge >= 0.3 is 6.03 Å². The molecule has 1 saturated heterocycles. The van der Waals surface area contributed by atoms with E-state index in [1.54, 1.807) is 19.0 Å². The highest BCUT2D eigenvalue weighted by Gasteiger charge is 2.32. The van der Waals surface area contributed by atoms with Gasteiger partial charge in [0.2, 0.25) is 0 Å². The Morgan fingerprint density at radius 3 is 2.21 bits per heavy atom. The van der Waals surface area contributed by atoms with E-state index in [1.807, 2.05) is 11.8 Å². The molecule has 3 N–H and O–H groups in total. The molecule has 0 unspecified atom stereocenters.